The maximum atomic E-state index is 12.0. The number of nitrogens with one attached hydrogen (secondary N) is 3. The van der Waals surface area contributed by atoms with Gasteiger partial charge >= 0.3 is 0 Å². The summed E-state index contributed by atoms with van der Waals surface area (Å²) in [4.78, 5) is 16.2. The first-order chi connectivity index (χ1) is 12.5. The second-order valence-electron chi connectivity index (χ2n) is 6.79. The molecule has 2 aromatic rings. The van der Waals surface area contributed by atoms with Crippen molar-refractivity contribution in [2.45, 2.75) is 25.8 Å². The molecule has 0 unspecified atom stereocenters. The predicted molar refractivity (Wildman–Crippen MR) is 123 cm³/mol. The summed E-state index contributed by atoms with van der Waals surface area (Å²) < 4.78 is 0. The standard InChI is InChI=1S/C21H28N4O.HI/c1-21(2,18-12-8-5-9-13-18)16-25-20(22-3)24-15-19(26)23-14-17-10-6-4-7-11-17;/h4-13H,14-16H2,1-3H3,(H,23,26)(H2,22,24,25);1H. The number of hydrogen-bond acceptors (Lipinski definition) is 2. The highest BCUT2D eigenvalue weighted by Gasteiger charge is 2.20. The average molecular weight is 480 g/mol. The molecule has 0 radical (unpaired) electrons. The van der Waals surface area contributed by atoms with Crippen LogP contribution in [0, 0.1) is 0 Å². The lowest BCUT2D eigenvalue weighted by Gasteiger charge is -2.26. The molecule has 2 rings (SSSR count). The molecule has 5 nitrogen and oxygen atoms in total. The SMILES string of the molecule is CN=C(NCC(=O)NCc1ccccc1)NCC(C)(C)c1ccccc1.I. The largest absolute Gasteiger partial charge is 0.356 e. The van der Waals surface area contributed by atoms with Crippen LogP contribution in [0.2, 0.25) is 0 Å². The van der Waals surface area contributed by atoms with E-state index in [0.29, 0.717) is 19.0 Å². The number of halogens is 1. The number of carbonyl (C=O) groups is 1. The van der Waals surface area contributed by atoms with E-state index in [4.69, 9.17) is 0 Å². The van der Waals surface area contributed by atoms with Crippen molar-refractivity contribution >= 4 is 35.8 Å². The molecule has 3 N–H and O–H groups in total. The van der Waals surface area contributed by atoms with Crippen molar-refractivity contribution in [3.63, 3.8) is 0 Å². The fourth-order valence-corrected chi connectivity index (χ4v) is 2.54. The Balaban J connectivity index is 0.00000364. The zero-order valence-corrected chi connectivity index (χ0v) is 18.5. The van der Waals surface area contributed by atoms with Crippen molar-refractivity contribution in [2.24, 2.45) is 4.99 Å². The Morgan fingerprint density at radius 1 is 0.926 bits per heavy atom. The molecule has 0 aliphatic rings. The Kier molecular flexibility index (Phi) is 9.85. The third-order valence-electron chi connectivity index (χ3n) is 4.23. The van der Waals surface area contributed by atoms with Gasteiger partial charge in [0.15, 0.2) is 5.96 Å². The van der Waals surface area contributed by atoms with Crippen LogP contribution in [-0.2, 0) is 16.8 Å². The van der Waals surface area contributed by atoms with Crippen LogP contribution in [0.1, 0.15) is 25.0 Å². The van der Waals surface area contributed by atoms with Crippen LogP contribution >= 0.6 is 24.0 Å². The maximum absolute atomic E-state index is 12.0. The van der Waals surface area contributed by atoms with Gasteiger partial charge in [-0.2, -0.15) is 0 Å². The molecule has 0 fully saturated rings. The molecule has 0 saturated carbocycles. The molecule has 27 heavy (non-hydrogen) atoms. The zero-order chi connectivity index (χ0) is 18.8. The number of carbonyl (C=O) groups excluding carboxylic acids is 1. The molecule has 1 amide bonds. The third-order valence-corrected chi connectivity index (χ3v) is 4.23. The van der Waals surface area contributed by atoms with Gasteiger partial charge < -0.3 is 16.0 Å². The maximum Gasteiger partial charge on any atom is 0.239 e. The van der Waals surface area contributed by atoms with E-state index in [1.165, 1.54) is 5.56 Å². The van der Waals surface area contributed by atoms with Crippen molar-refractivity contribution in [2.75, 3.05) is 20.1 Å². The molecule has 6 heteroatoms. The minimum Gasteiger partial charge on any atom is -0.356 e. The van der Waals surface area contributed by atoms with Gasteiger partial charge in [-0.05, 0) is 11.1 Å². The fourth-order valence-electron chi connectivity index (χ4n) is 2.54. The second-order valence-corrected chi connectivity index (χ2v) is 6.79. The Morgan fingerprint density at radius 2 is 1.52 bits per heavy atom. The van der Waals surface area contributed by atoms with Gasteiger partial charge in [-0.1, -0.05) is 74.5 Å². The minimum absolute atomic E-state index is 0. The van der Waals surface area contributed by atoms with E-state index in [-0.39, 0.29) is 41.8 Å². The number of amides is 1. The lowest BCUT2D eigenvalue weighted by atomic mass is 9.85. The van der Waals surface area contributed by atoms with E-state index in [0.717, 1.165) is 5.56 Å². The van der Waals surface area contributed by atoms with Crippen LogP contribution in [0.5, 0.6) is 0 Å². The van der Waals surface area contributed by atoms with Crippen LogP contribution in [0.4, 0.5) is 0 Å². The van der Waals surface area contributed by atoms with Gasteiger partial charge in [-0.25, -0.2) is 0 Å². The van der Waals surface area contributed by atoms with E-state index < -0.39 is 0 Å². The molecular weight excluding hydrogens is 451 g/mol. The third kappa shape index (κ3) is 7.99. The quantitative estimate of drug-likeness (QED) is 0.324. The van der Waals surface area contributed by atoms with Gasteiger partial charge in [0, 0.05) is 25.6 Å². The van der Waals surface area contributed by atoms with Crippen molar-refractivity contribution < 1.29 is 4.79 Å². The van der Waals surface area contributed by atoms with Crippen LogP contribution < -0.4 is 16.0 Å². The van der Waals surface area contributed by atoms with Crippen LogP contribution in [0.3, 0.4) is 0 Å². The number of benzene rings is 2. The number of guanidine groups is 1. The van der Waals surface area contributed by atoms with E-state index in [1.54, 1.807) is 7.05 Å². The monoisotopic (exact) mass is 480 g/mol. The van der Waals surface area contributed by atoms with E-state index in [2.05, 4.69) is 46.9 Å². The van der Waals surface area contributed by atoms with E-state index in [1.807, 2.05) is 48.5 Å². The molecule has 0 bridgehead atoms. The smallest absolute Gasteiger partial charge is 0.239 e. The lowest BCUT2D eigenvalue weighted by molar-refractivity contribution is -0.120. The topological polar surface area (TPSA) is 65.5 Å². The van der Waals surface area contributed by atoms with Gasteiger partial charge in [0.25, 0.3) is 0 Å². The van der Waals surface area contributed by atoms with Gasteiger partial charge in [0.1, 0.15) is 0 Å². The fraction of sp³-hybridized carbons (Fsp3) is 0.333. The summed E-state index contributed by atoms with van der Waals surface area (Å²) in [6.07, 6.45) is 0. The highest BCUT2D eigenvalue weighted by molar-refractivity contribution is 14.0. The van der Waals surface area contributed by atoms with Gasteiger partial charge in [0.2, 0.25) is 5.91 Å². The summed E-state index contributed by atoms with van der Waals surface area (Å²) in [5, 5.41) is 9.24. The normalized spacial score (nSPS) is 11.3. The molecule has 0 atom stereocenters. The van der Waals surface area contributed by atoms with Crippen molar-refractivity contribution in [3.8, 4) is 0 Å². The first-order valence-corrected chi connectivity index (χ1v) is 8.82. The summed E-state index contributed by atoms with van der Waals surface area (Å²) in [5.41, 5.74) is 2.28. The summed E-state index contributed by atoms with van der Waals surface area (Å²) in [6.45, 7) is 5.76. The van der Waals surface area contributed by atoms with Crippen LogP contribution in [-0.4, -0.2) is 32.0 Å². The van der Waals surface area contributed by atoms with Crippen molar-refractivity contribution in [1.82, 2.24) is 16.0 Å². The summed E-state index contributed by atoms with van der Waals surface area (Å²) in [5.74, 6) is 0.544. The molecule has 0 aromatic heterocycles. The molecule has 0 aliphatic carbocycles. The Labute approximate surface area is 179 Å². The van der Waals surface area contributed by atoms with Gasteiger partial charge in [0.05, 0.1) is 6.54 Å². The van der Waals surface area contributed by atoms with Crippen molar-refractivity contribution in [3.05, 3.63) is 71.8 Å². The first-order valence-electron chi connectivity index (χ1n) is 8.82. The number of hydrogen-bond donors (Lipinski definition) is 3. The summed E-state index contributed by atoms with van der Waals surface area (Å²) in [6, 6.07) is 20.2. The zero-order valence-electron chi connectivity index (χ0n) is 16.2. The van der Waals surface area contributed by atoms with Crippen LogP contribution in [0.15, 0.2) is 65.7 Å². The molecule has 0 aliphatic heterocycles. The number of aliphatic imine (C=N–C) groups is 1. The summed E-state index contributed by atoms with van der Waals surface area (Å²) in [7, 11) is 1.70. The lowest BCUT2D eigenvalue weighted by Crippen LogP contribution is -2.46. The summed E-state index contributed by atoms with van der Waals surface area (Å²) >= 11 is 0. The molecular formula is C21H29IN4O. The first kappa shape index (κ1) is 23.0. The van der Waals surface area contributed by atoms with Gasteiger partial charge in [-0.15, -0.1) is 24.0 Å². The minimum atomic E-state index is -0.0703. The molecule has 0 spiro atoms. The Hall–Kier alpha value is -2.09. The second kappa shape index (κ2) is 11.6. The number of nitrogens with zero attached hydrogens (tertiary/aromatic N) is 1. The molecule has 2 aromatic carbocycles. The Bertz CT molecular complexity index is 717. The average Bonchev–Trinajstić information content (AvgIpc) is 2.68. The van der Waals surface area contributed by atoms with Crippen molar-refractivity contribution in [1.29, 1.82) is 0 Å². The van der Waals surface area contributed by atoms with E-state index >= 15 is 0 Å². The Morgan fingerprint density at radius 3 is 2.11 bits per heavy atom. The highest BCUT2D eigenvalue weighted by Crippen LogP contribution is 2.21. The molecule has 0 saturated heterocycles. The molecule has 0 heterocycles. The highest BCUT2D eigenvalue weighted by atomic mass is 127. The van der Waals surface area contributed by atoms with E-state index in [9.17, 15) is 4.79 Å². The van der Waals surface area contributed by atoms with Crippen LogP contribution in [0.25, 0.3) is 0 Å². The molecule has 146 valence electrons. The number of rotatable bonds is 7. The predicted octanol–water partition coefficient (Wildman–Crippen LogP) is 3.06. The van der Waals surface area contributed by atoms with Gasteiger partial charge in [-0.3, -0.25) is 9.79 Å².